The number of hydrogen-bond acceptors (Lipinski definition) is 3. The van der Waals surface area contributed by atoms with Gasteiger partial charge in [-0.25, -0.2) is 4.39 Å². The summed E-state index contributed by atoms with van der Waals surface area (Å²) < 4.78 is 13.3. The zero-order chi connectivity index (χ0) is 17.7. The summed E-state index contributed by atoms with van der Waals surface area (Å²) in [5.74, 6) is -1.34. The van der Waals surface area contributed by atoms with Crippen molar-refractivity contribution >= 4 is 5.97 Å². The van der Waals surface area contributed by atoms with Crippen LogP contribution in [-0.4, -0.2) is 28.8 Å². The highest BCUT2D eigenvalue weighted by Gasteiger charge is 2.34. The number of aliphatic hydroxyl groups is 1. The summed E-state index contributed by atoms with van der Waals surface area (Å²) >= 11 is 0. The Morgan fingerprint density at radius 1 is 1.21 bits per heavy atom. The average Bonchev–Trinajstić information content (AvgIpc) is 2.55. The first-order chi connectivity index (χ1) is 11.3. The first-order valence-corrected chi connectivity index (χ1v) is 7.79. The number of carbonyl (C=O) groups is 1. The molecule has 2 aromatic carbocycles. The Labute approximate surface area is 140 Å². The van der Waals surface area contributed by atoms with Gasteiger partial charge in [-0.2, -0.15) is 0 Å². The Kier molecular flexibility index (Phi) is 5.70. The van der Waals surface area contributed by atoms with Crippen LogP contribution in [0, 0.1) is 11.2 Å². The highest BCUT2D eigenvalue weighted by molar-refractivity contribution is 5.74. The monoisotopic (exact) mass is 331 g/mol. The van der Waals surface area contributed by atoms with E-state index in [0.717, 1.165) is 16.7 Å². The summed E-state index contributed by atoms with van der Waals surface area (Å²) in [4.78, 5) is 11.2. The second-order valence-corrected chi connectivity index (χ2v) is 6.40. The number of hydrogen-bond donors (Lipinski definition) is 3. The van der Waals surface area contributed by atoms with Crippen LogP contribution in [0.5, 0.6) is 0 Å². The van der Waals surface area contributed by atoms with Crippen molar-refractivity contribution in [3.8, 4) is 11.1 Å². The fourth-order valence-corrected chi connectivity index (χ4v) is 2.67. The maximum absolute atomic E-state index is 13.3. The molecule has 0 radical (unpaired) electrons. The predicted molar refractivity (Wildman–Crippen MR) is 91.0 cm³/mol. The molecule has 0 heterocycles. The summed E-state index contributed by atoms with van der Waals surface area (Å²) in [5.41, 5.74) is 7.48. The number of aliphatic carboxylic acids is 1. The first-order valence-electron chi connectivity index (χ1n) is 7.79. The van der Waals surface area contributed by atoms with Crippen LogP contribution in [0.3, 0.4) is 0 Å². The van der Waals surface area contributed by atoms with E-state index in [4.69, 9.17) is 5.73 Å². The van der Waals surface area contributed by atoms with E-state index in [2.05, 4.69) is 0 Å². The maximum Gasteiger partial charge on any atom is 0.311 e. The predicted octanol–water partition coefficient (Wildman–Crippen LogP) is 2.84. The average molecular weight is 331 g/mol. The summed E-state index contributed by atoms with van der Waals surface area (Å²) in [7, 11) is 0. The van der Waals surface area contributed by atoms with Crippen molar-refractivity contribution in [2.24, 2.45) is 11.1 Å². The van der Waals surface area contributed by atoms with Gasteiger partial charge in [0.15, 0.2) is 0 Å². The van der Waals surface area contributed by atoms with Gasteiger partial charge >= 0.3 is 5.97 Å². The van der Waals surface area contributed by atoms with Crippen molar-refractivity contribution in [1.82, 2.24) is 0 Å². The molecule has 0 amide bonds. The van der Waals surface area contributed by atoms with Crippen LogP contribution in [0.25, 0.3) is 11.1 Å². The van der Waals surface area contributed by atoms with Crippen molar-refractivity contribution < 1.29 is 19.4 Å². The van der Waals surface area contributed by atoms with Gasteiger partial charge in [-0.1, -0.05) is 36.4 Å². The number of halogens is 1. The van der Waals surface area contributed by atoms with Gasteiger partial charge in [-0.15, -0.1) is 0 Å². The van der Waals surface area contributed by atoms with Gasteiger partial charge in [0.1, 0.15) is 5.82 Å². The molecule has 4 N–H and O–H groups in total. The number of aliphatic hydroxyl groups excluding tert-OH is 1. The Bertz CT molecular complexity index is 702. The van der Waals surface area contributed by atoms with Crippen molar-refractivity contribution in [3.63, 3.8) is 0 Å². The molecule has 0 fully saturated rings. The van der Waals surface area contributed by atoms with Crippen LogP contribution < -0.4 is 5.73 Å². The molecular weight excluding hydrogens is 309 g/mol. The molecule has 0 saturated carbocycles. The normalized spacial score (nSPS) is 14.8. The minimum Gasteiger partial charge on any atom is -0.481 e. The molecular formula is C19H22FNO3. The number of carboxylic acids is 1. The second kappa shape index (κ2) is 7.55. The van der Waals surface area contributed by atoms with Crippen molar-refractivity contribution in [2.45, 2.75) is 25.8 Å². The van der Waals surface area contributed by atoms with Crippen LogP contribution in [0.4, 0.5) is 4.39 Å². The highest BCUT2D eigenvalue weighted by Crippen LogP contribution is 2.25. The zero-order valence-electron chi connectivity index (χ0n) is 13.6. The SMILES string of the molecule is CC(CO)(CC(N)Cc1ccc(-c2cccc(F)c2)cc1)C(=O)O. The molecule has 2 rings (SSSR count). The molecule has 4 nitrogen and oxygen atoms in total. The third-order valence-corrected chi connectivity index (χ3v) is 4.19. The van der Waals surface area contributed by atoms with Gasteiger partial charge in [0.2, 0.25) is 0 Å². The first kappa shape index (κ1) is 18.1. The molecule has 5 heteroatoms. The lowest BCUT2D eigenvalue weighted by Crippen LogP contribution is -2.39. The molecule has 0 aliphatic heterocycles. The smallest absolute Gasteiger partial charge is 0.311 e. The van der Waals surface area contributed by atoms with E-state index in [1.165, 1.54) is 19.1 Å². The molecule has 0 aliphatic rings. The highest BCUT2D eigenvalue weighted by atomic mass is 19.1. The summed E-state index contributed by atoms with van der Waals surface area (Å²) in [6.45, 7) is 1.04. The van der Waals surface area contributed by atoms with Crippen molar-refractivity contribution in [1.29, 1.82) is 0 Å². The zero-order valence-corrected chi connectivity index (χ0v) is 13.6. The summed E-state index contributed by atoms with van der Waals surface area (Å²) in [6.07, 6.45) is 0.691. The van der Waals surface area contributed by atoms with Crippen molar-refractivity contribution in [2.75, 3.05) is 6.61 Å². The van der Waals surface area contributed by atoms with Gasteiger partial charge in [0, 0.05) is 6.04 Å². The van der Waals surface area contributed by atoms with E-state index >= 15 is 0 Å². The molecule has 128 valence electrons. The number of benzene rings is 2. The molecule has 0 aliphatic carbocycles. The van der Waals surface area contributed by atoms with Crippen LogP contribution in [0.2, 0.25) is 0 Å². The van der Waals surface area contributed by atoms with Crippen LogP contribution >= 0.6 is 0 Å². The van der Waals surface area contributed by atoms with Crippen molar-refractivity contribution in [3.05, 3.63) is 59.9 Å². The van der Waals surface area contributed by atoms with E-state index in [1.54, 1.807) is 6.07 Å². The van der Waals surface area contributed by atoms with Gasteiger partial charge in [-0.05, 0) is 48.6 Å². The van der Waals surface area contributed by atoms with Gasteiger partial charge in [0.25, 0.3) is 0 Å². The van der Waals surface area contributed by atoms with Gasteiger partial charge < -0.3 is 15.9 Å². The molecule has 2 aromatic rings. The van der Waals surface area contributed by atoms with E-state index in [1.807, 2.05) is 30.3 Å². The third kappa shape index (κ3) is 4.40. The molecule has 0 spiro atoms. The standard InChI is InChI=1S/C19H22FNO3/c1-19(12-22,18(23)24)11-17(21)9-13-5-7-14(8-6-13)15-3-2-4-16(20)10-15/h2-8,10,17,22H,9,11-12,21H2,1H3,(H,23,24). The number of carboxylic acid groups (broad SMARTS) is 1. The van der Waals surface area contributed by atoms with E-state index < -0.39 is 18.0 Å². The maximum atomic E-state index is 13.3. The fraction of sp³-hybridized carbons (Fsp3) is 0.316. The van der Waals surface area contributed by atoms with E-state index in [0.29, 0.717) is 6.42 Å². The molecule has 24 heavy (non-hydrogen) atoms. The van der Waals surface area contributed by atoms with Gasteiger partial charge in [0.05, 0.1) is 12.0 Å². The Hall–Kier alpha value is -2.24. The molecule has 0 aromatic heterocycles. The summed E-state index contributed by atoms with van der Waals surface area (Å²) in [5, 5.41) is 18.5. The molecule has 2 unspecified atom stereocenters. The van der Waals surface area contributed by atoms with Crippen LogP contribution in [0.1, 0.15) is 18.9 Å². The minimum atomic E-state index is -1.24. The number of rotatable bonds is 7. The van der Waals surface area contributed by atoms with E-state index in [-0.39, 0.29) is 18.3 Å². The third-order valence-electron chi connectivity index (χ3n) is 4.19. The van der Waals surface area contributed by atoms with E-state index in [9.17, 15) is 19.4 Å². The quantitative estimate of drug-likeness (QED) is 0.728. The van der Waals surface area contributed by atoms with Crippen LogP contribution in [0.15, 0.2) is 48.5 Å². The fourth-order valence-electron chi connectivity index (χ4n) is 2.67. The summed E-state index contributed by atoms with van der Waals surface area (Å²) in [6, 6.07) is 13.6. The second-order valence-electron chi connectivity index (χ2n) is 6.40. The van der Waals surface area contributed by atoms with Gasteiger partial charge in [-0.3, -0.25) is 4.79 Å². The molecule has 0 saturated heterocycles. The lowest BCUT2D eigenvalue weighted by molar-refractivity contribution is -0.151. The lowest BCUT2D eigenvalue weighted by atomic mass is 9.83. The Balaban J connectivity index is 2.05. The Morgan fingerprint density at radius 2 is 1.88 bits per heavy atom. The minimum absolute atomic E-state index is 0.185. The van der Waals surface area contributed by atoms with Crippen LogP contribution in [-0.2, 0) is 11.2 Å². The lowest BCUT2D eigenvalue weighted by Gasteiger charge is -2.25. The largest absolute Gasteiger partial charge is 0.481 e. The topological polar surface area (TPSA) is 83.5 Å². The Morgan fingerprint density at radius 3 is 2.42 bits per heavy atom. The molecule has 0 bridgehead atoms. The number of nitrogens with two attached hydrogens (primary N) is 1. The molecule has 2 atom stereocenters.